The number of nitrogens with one attached hydrogen (secondary N) is 2. The quantitative estimate of drug-likeness (QED) is 0.716. The molecule has 1 atom stereocenters. The number of hydrogen-bond donors (Lipinski definition) is 2. The Morgan fingerprint density at radius 3 is 2.45 bits per heavy atom. The molecule has 0 saturated carbocycles. The molecule has 4 heteroatoms. The third kappa shape index (κ3) is 6.06. The highest BCUT2D eigenvalue weighted by Crippen LogP contribution is 2.11. The summed E-state index contributed by atoms with van der Waals surface area (Å²) in [4.78, 5) is 13.7. The number of carbonyl (C=O) groups is 1. The maximum Gasteiger partial charge on any atom is 0.221 e. The van der Waals surface area contributed by atoms with Crippen molar-refractivity contribution in [3.8, 4) is 0 Å². The molecule has 0 radical (unpaired) electrons. The van der Waals surface area contributed by atoms with Gasteiger partial charge < -0.3 is 15.5 Å². The zero-order chi connectivity index (χ0) is 15.0. The summed E-state index contributed by atoms with van der Waals surface area (Å²) in [5, 5.41) is 6.26. The highest BCUT2D eigenvalue weighted by Gasteiger charge is 2.04. The minimum Gasteiger partial charge on any atom is -0.378 e. The molecule has 0 aromatic heterocycles. The molecular formula is C16H27N3O. The van der Waals surface area contributed by atoms with Gasteiger partial charge in [-0.2, -0.15) is 0 Å². The van der Waals surface area contributed by atoms with Gasteiger partial charge in [-0.3, -0.25) is 4.79 Å². The molecule has 0 heterocycles. The van der Waals surface area contributed by atoms with E-state index < -0.39 is 0 Å². The van der Waals surface area contributed by atoms with Crippen molar-refractivity contribution in [2.24, 2.45) is 0 Å². The largest absolute Gasteiger partial charge is 0.378 e. The molecule has 0 fully saturated rings. The monoisotopic (exact) mass is 277 g/mol. The molecule has 112 valence electrons. The van der Waals surface area contributed by atoms with Gasteiger partial charge in [0.25, 0.3) is 0 Å². The zero-order valence-electron chi connectivity index (χ0n) is 13.1. The van der Waals surface area contributed by atoms with Crippen molar-refractivity contribution in [2.45, 2.75) is 39.3 Å². The van der Waals surface area contributed by atoms with Gasteiger partial charge in [0.05, 0.1) is 0 Å². The summed E-state index contributed by atoms with van der Waals surface area (Å²) >= 11 is 0. The smallest absolute Gasteiger partial charge is 0.221 e. The normalized spacial score (nSPS) is 12.0. The summed E-state index contributed by atoms with van der Waals surface area (Å²) in [5.41, 5.74) is 2.43. The Labute approximate surface area is 122 Å². The van der Waals surface area contributed by atoms with E-state index in [4.69, 9.17) is 0 Å². The fourth-order valence-electron chi connectivity index (χ4n) is 1.80. The molecule has 0 aliphatic rings. The summed E-state index contributed by atoms with van der Waals surface area (Å²) < 4.78 is 0. The summed E-state index contributed by atoms with van der Waals surface area (Å²) in [6.45, 7) is 5.60. The first-order valence-electron chi connectivity index (χ1n) is 7.29. The third-order valence-electron chi connectivity index (χ3n) is 3.33. The Hall–Kier alpha value is -1.55. The van der Waals surface area contributed by atoms with Gasteiger partial charge in [0, 0.05) is 45.3 Å². The summed E-state index contributed by atoms with van der Waals surface area (Å²) in [6, 6.07) is 8.70. The van der Waals surface area contributed by atoms with Gasteiger partial charge in [-0.25, -0.2) is 0 Å². The number of amides is 1. The van der Waals surface area contributed by atoms with Gasteiger partial charge in [0.1, 0.15) is 0 Å². The van der Waals surface area contributed by atoms with Gasteiger partial charge in [-0.1, -0.05) is 19.1 Å². The van der Waals surface area contributed by atoms with Crippen molar-refractivity contribution in [3.63, 3.8) is 0 Å². The van der Waals surface area contributed by atoms with Crippen LogP contribution >= 0.6 is 0 Å². The average molecular weight is 277 g/mol. The average Bonchev–Trinajstić information content (AvgIpc) is 2.44. The molecule has 1 aromatic rings. The lowest BCUT2D eigenvalue weighted by molar-refractivity contribution is -0.121. The van der Waals surface area contributed by atoms with Gasteiger partial charge in [-0.05, 0) is 31.0 Å². The fraction of sp³-hybridized carbons (Fsp3) is 0.562. The molecule has 0 aliphatic heterocycles. The molecule has 4 nitrogen and oxygen atoms in total. The van der Waals surface area contributed by atoms with Crippen molar-refractivity contribution in [1.82, 2.24) is 10.6 Å². The lowest BCUT2D eigenvalue weighted by Gasteiger charge is -2.13. The maximum absolute atomic E-state index is 11.6. The molecule has 0 saturated heterocycles. The van der Waals surface area contributed by atoms with E-state index in [-0.39, 0.29) is 11.9 Å². The van der Waals surface area contributed by atoms with Crippen LogP contribution in [0, 0.1) is 0 Å². The molecular weight excluding hydrogens is 250 g/mol. The highest BCUT2D eigenvalue weighted by molar-refractivity contribution is 5.76. The standard InChI is InChI=1S/C16H27N3O/c1-5-13(2)18-16(20)10-11-17-12-14-6-8-15(9-7-14)19(3)4/h6-9,13,17H,5,10-12H2,1-4H3,(H,18,20). The SMILES string of the molecule is CCC(C)NC(=O)CCNCc1ccc(N(C)C)cc1. The van der Waals surface area contributed by atoms with Gasteiger partial charge in [0.2, 0.25) is 5.91 Å². The molecule has 20 heavy (non-hydrogen) atoms. The van der Waals surface area contributed by atoms with Crippen LogP contribution in [0.25, 0.3) is 0 Å². The Morgan fingerprint density at radius 1 is 1.25 bits per heavy atom. The first-order valence-corrected chi connectivity index (χ1v) is 7.29. The predicted octanol–water partition coefficient (Wildman–Crippen LogP) is 2.15. The first kappa shape index (κ1) is 16.5. The lowest BCUT2D eigenvalue weighted by Crippen LogP contribution is -2.33. The minimum atomic E-state index is 0.120. The van der Waals surface area contributed by atoms with Gasteiger partial charge in [-0.15, -0.1) is 0 Å². The van der Waals surface area contributed by atoms with E-state index in [1.54, 1.807) is 0 Å². The molecule has 1 unspecified atom stereocenters. The number of rotatable bonds is 8. The second-order valence-electron chi connectivity index (χ2n) is 5.36. The molecule has 1 amide bonds. The number of benzene rings is 1. The number of hydrogen-bond acceptors (Lipinski definition) is 3. The summed E-state index contributed by atoms with van der Waals surface area (Å²) in [7, 11) is 4.06. The van der Waals surface area contributed by atoms with Gasteiger partial charge in [0.15, 0.2) is 0 Å². The van der Waals surface area contributed by atoms with Crippen LogP contribution in [0.1, 0.15) is 32.3 Å². The lowest BCUT2D eigenvalue weighted by atomic mass is 10.2. The Bertz CT molecular complexity index is 401. The number of anilines is 1. The van der Waals surface area contributed by atoms with Crippen LogP contribution in [-0.2, 0) is 11.3 Å². The van der Waals surface area contributed by atoms with Crippen molar-refractivity contribution in [2.75, 3.05) is 25.5 Å². The maximum atomic E-state index is 11.6. The number of carbonyl (C=O) groups excluding carboxylic acids is 1. The van der Waals surface area contributed by atoms with Crippen LogP contribution < -0.4 is 15.5 Å². The van der Waals surface area contributed by atoms with Gasteiger partial charge >= 0.3 is 0 Å². The third-order valence-corrected chi connectivity index (χ3v) is 3.33. The Balaban J connectivity index is 2.22. The second kappa shape index (κ2) is 8.59. The van der Waals surface area contributed by atoms with Crippen LogP contribution in [0.2, 0.25) is 0 Å². The highest BCUT2D eigenvalue weighted by atomic mass is 16.1. The Kier molecular flexibility index (Phi) is 7.09. The topological polar surface area (TPSA) is 44.4 Å². The minimum absolute atomic E-state index is 0.120. The van der Waals surface area contributed by atoms with Crippen molar-refractivity contribution in [3.05, 3.63) is 29.8 Å². The van der Waals surface area contributed by atoms with Crippen LogP contribution in [0.4, 0.5) is 5.69 Å². The van der Waals surface area contributed by atoms with E-state index in [0.717, 1.165) is 13.0 Å². The van der Waals surface area contributed by atoms with E-state index in [9.17, 15) is 4.79 Å². The summed E-state index contributed by atoms with van der Waals surface area (Å²) in [5.74, 6) is 0.120. The van der Waals surface area contributed by atoms with Crippen molar-refractivity contribution >= 4 is 11.6 Å². The second-order valence-corrected chi connectivity index (χ2v) is 5.36. The first-order chi connectivity index (χ1) is 9.52. The van der Waals surface area contributed by atoms with E-state index in [1.807, 2.05) is 21.0 Å². The van der Waals surface area contributed by atoms with E-state index >= 15 is 0 Å². The molecule has 1 rings (SSSR count). The van der Waals surface area contributed by atoms with E-state index in [2.05, 4.69) is 46.7 Å². The molecule has 0 aliphatic carbocycles. The summed E-state index contributed by atoms with van der Waals surface area (Å²) in [6.07, 6.45) is 1.50. The molecule has 2 N–H and O–H groups in total. The zero-order valence-corrected chi connectivity index (χ0v) is 13.1. The number of nitrogens with zero attached hydrogens (tertiary/aromatic N) is 1. The fourth-order valence-corrected chi connectivity index (χ4v) is 1.80. The van der Waals surface area contributed by atoms with E-state index in [0.29, 0.717) is 13.0 Å². The molecule has 0 bridgehead atoms. The molecule has 1 aromatic carbocycles. The predicted molar refractivity (Wildman–Crippen MR) is 85.0 cm³/mol. The van der Waals surface area contributed by atoms with Crippen molar-refractivity contribution < 1.29 is 4.79 Å². The van der Waals surface area contributed by atoms with Crippen LogP contribution in [0.5, 0.6) is 0 Å². The van der Waals surface area contributed by atoms with E-state index in [1.165, 1.54) is 11.3 Å². The van der Waals surface area contributed by atoms with Crippen LogP contribution in [-0.4, -0.2) is 32.6 Å². The Morgan fingerprint density at radius 2 is 1.90 bits per heavy atom. The van der Waals surface area contributed by atoms with Crippen molar-refractivity contribution in [1.29, 1.82) is 0 Å². The van der Waals surface area contributed by atoms with Crippen LogP contribution in [0.15, 0.2) is 24.3 Å². The van der Waals surface area contributed by atoms with Crippen LogP contribution in [0.3, 0.4) is 0 Å². The molecule has 0 spiro atoms.